The molecule has 0 radical (unpaired) electrons. The molecule has 0 aliphatic heterocycles. The Bertz CT molecular complexity index is 741. The van der Waals surface area contributed by atoms with E-state index in [1.807, 2.05) is 30.3 Å². The average molecular weight is 373 g/mol. The quantitative estimate of drug-likeness (QED) is 0.384. The molecule has 0 atom stereocenters. The minimum atomic E-state index is -4.43. The Labute approximate surface area is 188 Å². The van der Waals surface area contributed by atoms with E-state index < -0.39 is 10.1 Å². The first-order valence-corrected chi connectivity index (χ1v) is 9.91. The number of fused-ring (bicyclic) bond motifs is 1. The van der Waals surface area contributed by atoms with Crippen molar-refractivity contribution in [1.29, 1.82) is 0 Å². The molecule has 0 heterocycles. The summed E-state index contributed by atoms with van der Waals surface area (Å²) >= 11 is 0. The maximum Gasteiger partial charge on any atom is 1.00 e. The molecular formula is C19H25KO3S. The number of aryl methyl sites for hydroxylation is 1. The minimum Gasteiger partial charge on any atom is -0.744 e. The number of benzene rings is 2. The molecule has 0 aliphatic carbocycles. The monoisotopic (exact) mass is 372 g/mol. The van der Waals surface area contributed by atoms with E-state index in [0.29, 0.717) is 12.0 Å². The van der Waals surface area contributed by atoms with Gasteiger partial charge in [-0.25, -0.2) is 8.42 Å². The van der Waals surface area contributed by atoms with Crippen molar-refractivity contribution in [3.8, 4) is 0 Å². The standard InChI is InChI=1S/C19H26O3S.K/c1-2-3-4-5-6-7-8-13-18-14-16-11-9-10-12-17(16)15-19(18)23(20,21)22;/h9-12,14-15H,2-8,13H2,1H3,(H,20,21,22);/q;+1/p-1. The van der Waals surface area contributed by atoms with Gasteiger partial charge in [-0.1, -0.05) is 69.7 Å². The van der Waals surface area contributed by atoms with Gasteiger partial charge in [-0.2, -0.15) is 0 Å². The van der Waals surface area contributed by atoms with Crippen molar-refractivity contribution >= 4 is 20.9 Å². The normalized spacial score (nSPS) is 11.4. The first kappa shape index (κ1) is 22.3. The Balaban J connectivity index is 0.00000288. The van der Waals surface area contributed by atoms with Crippen LogP contribution in [0.25, 0.3) is 10.8 Å². The van der Waals surface area contributed by atoms with Crippen LogP contribution >= 0.6 is 0 Å². The van der Waals surface area contributed by atoms with Crippen LogP contribution in [0.4, 0.5) is 0 Å². The fourth-order valence-corrected chi connectivity index (χ4v) is 3.72. The van der Waals surface area contributed by atoms with Crippen LogP contribution in [-0.4, -0.2) is 13.0 Å². The fraction of sp³-hybridized carbons (Fsp3) is 0.474. The number of hydrogen-bond donors (Lipinski definition) is 0. The maximum absolute atomic E-state index is 11.5. The summed E-state index contributed by atoms with van der Waals surface area (Å²) in [6, 6.07) is 10.9. The molecule has 0 unspecified atom stereocenters. The van der Waals surface area contributed by atoms with Gasteiger partial charge >= 0.3 is 51.4 Å². The van der Waals surface area contributed by atoms with E-state index in [9.17, 15) is 13.0 Å². The van der Waals surface area contributed by atoms with Crippen molar-refractivity contribution in [3.05, 3.63) is 42.0 Å². The first-order chi connectivity index (χ1) is 11.0. The molecule has 0 N–H and O–H groups in total. The van der Waals surface area contributed by atoms with E-state index in [4.69, 9.17) is 0 Å². The van der Waals surface area contributed by atoms with Gasteiger partial charge in [0, 0.05) is 0 Å². The van der Waals surface area contributed by atoms with Gasteiger partial charge in [-0.15, -0.1) is 0 Å². The van der Waals surface area contributed by atoms with E-state index in [2.05, 4.69) is 6.92 Å². The van der Waals surface area contributed by atoms with Gasteiger partial charge in [0.15, 0.2) is 0 Å². The summed E-state index contributed by atoms with van der Waals surface area (Å²) < 4.78 is 34.6. The molecule has 0 fully saturated rings. The zero-order chi connectivity index (χ0) is 16.7. The van der Waals surface area contributed by atoms with Gasteiger partial charge in [0.1, 0.15) is 10.1 Å². The van der Waals surface area contributed by atoms with Gasteiger partial charge in [0.25, 0.3) is 0 Å². The van der Waals surface area contributed by atoms with E-state index in [1.165, 1.54) is 38.2 Å². The number of unbranched alkanes of at least 4 members (excludes halogenated alkanes) is 6. The van der Waals surface area contributed by atoms with Crippen LogP contribution in [0, 0.1) is 0 Å². The van der Waals surface area contributed by atoms with Crippen LogP contribution < -0.4 is 51.4 Å². The fourth-order valence-electron chi connectivity index (χ4n) is 2.97. The summed E-state index contributed by atoms with van der Waals surface area (Å²) in [6.07, 6.45) is 8.85. The molecule has 2 rings (SSSR count). The van der Waals surface area contributed by atoms with Crippen molar-refractivity contribution in [2.45, 2.75) is 63.2 Å². The Morgan fingerprint density at radius 3 is 2.00 bits per heavy atom. The Kier molecular flexibility index (Phi) is 10.3. The molecule has 5 heteroatoms. The summed E-state index contributed by atoms with van der Waals surface area (Å²) in [5.41, 5.74) is 0.659. The molecule has 0 aromatic heterocycles. The van der Waals surface area contributed by atoms with Crippen LogP contribution in [0.3, 0.4) is 0 Å². The third-order valence-electron chi connectivity index (χ3n) is 4.25. The van der Waals surface area contributed by atoms with Crippen molar-refractivity contribution in [2.24, 2.45) is 0 Å². The van der Waals surface area contributed by atoms with Gasteiger partial charge in [-0.05, 0) is 41.3 Å². The molecular weight excluding hydrogens is 347 g/mol. The summed E-state index contributed by atoms with van der Waals surface area (Å²) in [5, 5.41) is 1.78. The van der Waals surface area contributed by atoms with Crippen molar-refractivity contribution in [1.82, 2.24) is 0 Å². The van der Waals surface area contributed by atoms with E-state index in [0.717, 1.165) is 23.6 Å². The smallest absolute Gasteiger partial charge is 0.744 e. The van der Waals surface area contributed by atoms with E-state index in [1.54, 1.807) is 0 Å². The largest absolute Gasteiger partial charge is 1.00 e. The van der Waals surface area contributed by atoms with Crippen molar-refractivity contribution < 1.29 is 64.4 Å². The number of hydrogen-bond acceptors (Lipinski definition) is 3. The van der Waals surface area contributed by atoms with Gasteiger partial charge in [0.2, 0.25) is 0 Å². The first-order valence-electron chi connectivity index (χ1n) is 8.50. The van der Waals surface area contributed by atoms with Gasteiger partial charge < -0.3 is 4.55 Å². The molecule has 2 aromatic rings. The SMILES string of the molecule is CCCCCCCCCc1cc2ccccc2cc1S(=O)(=O)[O-].[K+]. The van der Waals surface area contributed by atoms with Crippen LogP contribution in [0.5, 0.6) is 0 Å². The summed E-state index contributed by atoms with van der Waals surface area (Å²) in [5.74, 6) is 0. The summed E-state index contributed by atoms with van der Waals surface area (Å²) in [6.45, 7) is 2.20. The Hall–Kier alpha value is 0.246. The average Bonchev–Trinajstić information content (AvgIpc) is 2.52. The predicted octanol–water partition coefficient (Wildman–Crippen LogP) is 2.04. The summed E-state index contributed by atoms with van der Waals surface area (Å²) in [7, 11) is -4.43. The molecule has 3 nitrogen and oxygen atoms in total. The molecule has 0 bridgehead atoms. The zero-order valence-electron chi connectivity index (χ0n) is 14.8. The zero-order valence-corrected chi connectivity index (χ0v) is 18.7. The second-order valence-corrected chi connectivity index (χ2v) is 7.48. The van der Waals surface area contributed by atoms with Crippen molar-refractivity contribution in [2.75, 3.05) is 0 Å². The van der Waals surface area contributed by atoms with Crippen LogP contribution in [0.15, 0.2) is 41.3 Å². The molecule has 126 valence electrons. The maximum atomic E-state index is 11.5. The molecule has 0 spiro atoms. The third-order valence-corrected chi connectivity index (χ3v) is 5.17. The molecule has 24 heavy (non-hydrogen) atoms. The van der Waals surface area contributed by atoms with Crippen LogP contribution in [0.1, 0.15) is 57.4 Å². The third kappa shape index (κ3) is 6.87. The second-order valence-electron chi connectivity index (χ2n) is 6.13. The van der Waals surface area contributed by atoms with Gasteiger partial charge in [-0.3, -0.25) is 0 Å². The predicted molar refractivity (Wildman–Crippen MR) is 93.6 cm³/mol. The van der Waals surface area contributed by atoms with Crippen molar-refractivity contribution in [3.63, 3.8) is 0 Å². The Morgan fingerprint density at radius 2 is 1.42 bits per heavy atom. The molecule has 0 saturated heterocycles. The molecule has 2 aromatic carbocycles. The molecule has 0 amide bonds. The minimum absolute atomic E-state index is 0. The van der Waals surface area contributed by atoms with E-state index in [-0.39, 0.29) is 56.3 Å². The second kappa shape index (κ2) is 11.1. The Morgan fingerprint density at radius 1 is 0.875 bits per heavy atom. The molecule has 0 saturated carbocycles. The van der Waals surface area contributed by atoms with E-state index >= 15 is 0 Å². The van der Waals surface area contributed by atoms with Crippen LogP contribution in [-0.2, 0) is 16.5 Å². The topological polar surface area (TPSA) is 57.2 Å². The van der Waals surface area contributed by atoms with Crippen LogP contribution in [0.2, 0.25) is 0 Å². The van der Waals surface area contributed by atoms with Gasteiger partial charge in [0.05, 0.1) is 4.90 Å². The molecule has 0 aliphatic rings. The number of rotatable bonds is 9. The summed E-state index contributed by atoms with van der Waals surface area (Å²) in [4.78, 5) is -0.0535.